The van der Waals surface area contributed by atoms with Crippen LogP contribution in [-0.2, 0) is 15.7 Å². The Bertz CT molecular complexity index is 971. The van der Waals surface area contributed by atoms with Crippen LogP contribution in [0.15, 0.2) is 46.9 Å². The van der Waals surface area contributed by atoms with E-state index in [0.717, 1.165) is 6.07 Å². The SMILES string of the molecule is N#CC1=C(N)N(N2CCOCC2)C2=C(C(=O)CCC2)[C@@H]1c1ccccc1C(F)(F)F. The van der Waals surface area contributed by atoms with Crippen LogP contribution in [-0.4, -0.2) is 42.1 Å². The number of ketones is 1. The molecule has 4 rings (SSSR count). The summed E-state index contributed by atoms with van der Waals surface area (Å²) < 4.78 is 46.7. The van der Waals surface area contributed by atoms with E-state index in [1.54, 1.807) is 5.01 Å². The van der Waals surface area contributed by atoms with E-state index in [-0.39, 0.29) is 34.7 Å². The average Bonchev–Trinajstić information content (AvgIpc) is 2.73. The lowest BCUT2D eigenvalue weighted by molar-refractivity contribution is -0.138. The van der Waals surface area contributed by atoms with Gasteiger partial charge in [-0.3, -0.25) is 9.80 Å². The average molecular weight is 418 g/mol. The maximum Gasteiger partial charge on any atom is 0.416 e. The van der Waals surface area contributed by atoms with Crippen LogP contribution in [0.5, 0.6) is 0 Å². The van der Waals surface area contributed by atoms with Gasteiger partial charge in [-0.1, -0.05) is 18.2 Å². The predicted octanol–water partition coefficient (Wildman–Crippen LogP) is 3.05. The molecule has 1 atom stereocenters. The number of carbonyl (C=O) groups is 1. The van der Waals surface area contributed by atoms with E-state index in [0.29, 0.717) is 44.8 Å². The number of hydrogen-bond donors (Lipinski definition) is 1. The Labute approximate surface area is 172 Å². The molecular weight excluding hydrogens is 397 g/mol. The van der Waals surface area contributed by atoms with Crippen molar-refractivity contribution >= 4 is 5.78 Å². The fourth-order valence-electron chi connectivity index (χ4n) is 4.46. The highest BCUT2D eigenvalue weighted by Gasteiger charge is 2.45. The number of nitriles is 1. The largest absolute Gasteiger partial charge is 0.416 e. The Morgan fingerprint density at radius 3 is 2.53 bits per heavy atom. The normalized spacial score (nSPS) is 23.5. The van der Waals surface area contributed by atoms with E-state index in [1.165, 1.54) is 18.2 Å². The number of morpholine rings is 1. The monoisotopic (exact) mass is 418 g/mol. The van der Waals surface area contributed by atoms with Crippen molar-refractivity contribution in [1.29, 1.82) is 5.26 Å². The standard InChI is InChI=1S/C21H21F3N4O2/c22-21(23,24)15-5-2-1-4-13(15)18-14(12-25)20(26)28(27-8-10-30-11-9-27)16-6-3-7-17(29)19(16)18/h1-2,4-5,18H,3,6-11,26H2/t18-/m1/s1. The molecule has 30 heavy (non-hydrogen) atoms. The van der Waals surface area contributed by atoms with E-state index in [4.69, 9.17) is 10.5 Å². The molecule has 0 spiro atoms. The molecule has 0 bridgehead atoms. The molecule has 6 nitrogen and oxygen atoms in total. The van der Waals surface area contributed by atoms with Gasteiger partial charge in [0.25, 0.3) is 0 Å². The molecule has 0 aromatic heterocycles. The first kappa shape index (κ1) is 20.4. The summed E-state index contributed by atoms with van der Waals surface area (Å²) in [7, 11) is 0. The van der Waals surface area contributed by atoms with Gasteiger partial charge >= 0.3 is 6.18 Å². The zero-order valence-electron chi connectivity index (χ0n) is 16.2. The van der Waals surface area contributed by atoms with E-state index >= 15 is 0 Å². The second kappa shape index (κ2) is 7.78. The van der Waals surface area contributed by atoms with Gasteiger partial charge in [0.2, 0.25) is 0 Å². The third kappa shape index (κ3) is 3.36. The Morgan fingerprint density at radius 1 is 1.17 bits per heavy atom. The smallest absolute Gasteiger partial charge is 0.383 e. The summed E-state index contributed by atoms with van der Waals surface area (Å²) in [5.41, 5.74) is 6.20. The molecule has 1 aromatic rings. The highest BCUT2D eigenvalue weighted by Crippen LogP contribution is 2.48. The van der Waals surface area contributed by atoms with Gasteiger partial charge in [0.15, 0.2) is 5.78 Å². The number of hydrogen-bond acceptors (Lipinski definition) is 6. The van der Waals surface area contributed by atoms with Crippen molar-refractivity contribution in [2.24, 2.45) is 5.73 Å². The van der Waals surface area contributed by atoms with Crippen LogP contribution in [0.2, 0.25) is 0 Å². The summed E-state index contributed by atoms with van der Waals surface area (Å²) in [6.45, 7) is 1.94. The number of hydrazine groups is 1. The van der Waals surface area contributed by atoms with Crippen LogP contribution in [0.25, 0.3) is 0 Å². The van der Waals surface area contributed by atoms with Gasteiger partial charge in [-0.05, 0) is 24.5 Å². The maximum atomic E-state index is 13.8. The lowest BCUT2D eigenvalue weighted by Crippen LogP contribution is -2.52. The number of benzene rings is 1. The first-order valence-corrected chi connectivity index (χ1v) is 9.79. The molecule has 0 radical (unpaired) electrons. The van der Waals surface area contributed by atoms with E-state index < -0.39 is 17.7 Å². The van der Waals surface area contributed by atoms with Crippen molar-refractivity contribution in [3.05, 3.63) is 58.1 Å². The highest BCUT2D eigenvalue weighted by molar-refractivity contribution is 5.99. The van der Waals surface area contributed by atoms with Gasteiger partial charge < -0.3 is 10.5 Å². The zero-order valence-corrected chi connectivity index (χ0v) is 16.2. The molecule has 1 aliphatic carbocycles. The Balaban J connectivity index is 1.94. The summed E-state index contributed by atoms with van der Waals surface area (Å²) in [6, 6.07) is 7.09. The van der Waals surface area contributed by atoms with Crippen LogP contribution in [0.1, 0.15) is 36.3 Å². The topological polar surface area (TPSA) is 82.6 Å². The molecule has 0 unspecified atom stereocenters. The summed E-state index contributed by atoms with van der Waals surface area (Å²) in [4.78, 5) is 13.0. The van der Waals surface area contributed by atoms with Crippen LogP contribution in [0.3, 0.4) is 0 Å². The molecule has 2 aliphatic heterocycles. The van der Waals surface area contributed by atoms with Crippen LogP contribution in [0, 0.1) is 11.3 Å². The lowest BCUT2D eigenvalue weighted by Gasteiger charge is -2.46. The summed E-state index contributed by atoms with van der Waals surface area (Å²) in [6.07, 6.45) is -3.30. The fraction of sp³-hybridized carbons (Fsp3) is 0.429. The fourth-order valence-corrected chi connectivity index (χ4v) is 4.46. The van der Waals surface area contributed by atoms with E-state index in [1.807, 2.05) is 11.1 Å². The molecule has 3 aliphatic rings. The van der Waals surface area contributed by atoms with Gasteiger partial charge in [-0.25, -0.2) is 5.01 Å². The molecule has 9 heteroatoms. The predicted molar refractivity (Wildman–Crippen MR) is 101 cm³/mol. The first-order valence-electron chi connectivity index (χ1n) is 9.79. The minimum absolute atomic E-state index is 0.0350. The van der Waals surface area contributed by atoms with Crippen molar-refractivity contribution < 1.29 is 22.7 Å². The Morgan fingerprint density at radius 2 is 1.87 bits per heavy atom. The molecular formula is C21H21F3N4O2. The molecule has 158 valence electrons. The number of halogens is 3. The van der Waals surface area contributed by atoms with Crippen molar-refractivity contribution in [3.8, 4) is 6.07 Å². The van der Waals surface area contributed by atoms with Gasteiger partial charge in [-0.2, -0.15) is 18.4 Å². The molecule has 0 saturated carbocycles. The van der Waals surface area contributed by atoms with Gasteiger partial charge in [0, 0.05) is 30.8 Å². The summed E-state index contributed by atoms with van der Waals surface area (Å²) in [5.74, 6) is -1.29. The number of carbonyl (C=O) groups excluding carboxylic acids is 1. The molecule has 2 heterocycles. The van der Waals surface area contributed by atoms with E-state index in [2.05, 4.69) is 0 Å². The Kier molecular flexibility index (Phi) is 5.30. The molecule has 0 amide bonds. The van der Waals surface area contributed by atoms with Crippen molar-refractivity contribution in [2.75, 3.05) is 26.3 Å². The minimum atomic E-state index is -4.62. The zero-order chi connectivity index (χ0) is 21.5. The van der Waals surface area contributed by atoms with Crippen LogP contribution >= 0.6 is 0 Å². The number of ether oxygens (including phenoxy) is 1. The summed E-state index contributed by atoms with van der Waals surface area (Å²) >= 11 is 0. The van der Waals surface area contributed by atoms with Crippen LogP contribution < -0.4 is 5.73 Å². The van der Waals surface area contributed by atoms with Crippen molar-refractivity contribution in [3.63, 3.8) is 0 Å². The number of alkyl halides is 3. The van der Waals surface area contributed by atoms with Gasteiger partial charge in [-0.15, -0.1) is 0 Å². The minimum Gasteiger partial charge on any atom is -0.383 e. The second-order valence-electron chi connectivity index (χ2n) is 7.44. The van der Waals surface area contributed by atoms with Crippen molar-refractivity contribution in [1.82, 2.24) is 10.0 Å². The number of nitrogens with two attached hydrogens (primary N) is 1. The lowest BCUT2D eigenvalue weighted by atomic mass is 9.74. The quantitative estimate of drug-likeness (QED) is 0.795. The van der Waals surface area contributed by atoms with Crippen molar-refractivity contribution in [2.45, 2.75) is 31.4 Å². The number of nitrogens with zero attached hydrogens (tertiary/aromatic N) is 3. The second-order valence-corrected chi connectivity index (χ2v) is 7.44. The van der Waals surface area contributed by atoms with E-state index in [9.17, 15) is 23.2 Å². The number of allylic oxidation sites excluding steroid dienone is 3. The van der Waals surface area contributed by atoms with Crippen LogP contribution in [0.4, 0.5) is 13.2 Å². The summed E-state index contributed by atoms with van der Waals surface area (Å²) in [5, 5.41) is 13.5. The molecule has 1 aromatic carbocycles. The molecule has 1 saturated heterocycles. The third-order valence-electron chi connectivity index (χ3n) is 5.73. The van der Waals surface area contributed by atoms with Gasteiger partial charge in [0.05, 0.1) is 36.3 Å². The number of Topliss-reactive ketones (excluding diaryl/α,β-unsaturated/α-hetero) is 1. The molecule has 1 fully saturated rings. The highest BCUT2D eigenvalue weighted by atomic mass is 19.4. The van der Waals surface area contributed by atoms with Gasteiger partial charge in [0.1, 0.15) is 5.82 Å². The maximum absolute atomic E-state index is 13.8. The first-order chi connectivity index (χ1) is 14.3. The third-order valence-corrected chi connectivity index (χ3v) is 5.73. The number of rotatable bonds is 2. The Hall–Kier alpha value is -2.83. The molecule has 2 N–H and O–H groups in total.